The number of carbonyl (C=O) groups is 1. The van der Waals surface area contributed by atoms with Crippen LogP contribution in [-0.2, 0) is 6.42 Å². The molecule has 0 aromatic heterocycles. The molecule has 0 unspecified atom stereocenters. The van der Waals surface area contributed by atoms with E-state index < -0.39 is 0 Å². The summed E-state index contributed by atoms with van der Waals surface area (Å²) in [5, 5.41) is 9.55. The van der Waals surface area contributed by atoms with Crippen molar-refractivity contribution in [2.75, 3.05) is 0 Å². The molecule has 0 aliphatic carbocycles. The first-order chi connectivity index (χ1) is 5.70. The molecule has 1 aromatic rings. The molecule has 12 heavy (non-hydrogen) atoms. The van der Waals surface area contributed by atoms with Gasteiger partial charge in [-0.05, 0) is 18.9 Å². The summed E-state index contributed by atoms with van der Waals surface area (Å²) >= 11 is 0. The Morgan fingerprint density at radius 1 is 1.50 bits per heavy atom. The lowest BCUT2D eigenvalue weighted by molar-refractivity contribution is 0.112. The molecule has 0 radical (unpaired) electrons. The molecule has 0 spiro atoms. The van der Waals surface area contributed by atoms with E-state index in [-0.39, 0.29) is 5.75 Å². The van der Waals surface area contributed by atoms with Gasteiger partial charge >= 0.3 is 0 Å². The molecule has 0 amide bonds. The smallest absolute Gasteiger partial charge is 0.150 e. The predicted molar refractivity (Wildman–Crippen MR) is 47.6 cm³/mol. The van der Waals surface area contributed by atoms with Crippen molar-refractivity contribution in [2.45, 2.75) is 20.3 Å². The van der Waals surface area contributed by atoms with Crippen LogP contribution >= 0.6 is 0 Å². The highest BCUT2D eigenvalue weighted by molar-refractivity contribution is 5.78. The molecule has 0 atom stereocenters. The Morgan fingerprint density at radius 3 is 2.67 bits per heavy atom. The Morgan fingerprint density at radius 2 is 2.17 bits per heavy atom. The maximum Gasteiger partial charge on any atom is 0.150 e. The highest BCUT2D eigenvalue weighted by atomic mass is 16.3. The summed E-state index contributed by atoms with van der Waals surface area (Å²) in [6, 6.07) is 3.52. The van der Waals surface area contributed by atoms with Gasteiger partial charge in [0.1, 0.15) is 12.0 Å². The number of phenols is 1. The van der Waals surface area contributed by atoms with Crippen LogP contribution < -0.4 is 0 Å². The maximum absolute atomic E-state index is 10.5. The van der Waals surface area contributed by atoms with E-state index in [9.17, 15) is 9.90 Å². The second-order valence-corrected chi connectivity index (χ2v) is 2.76. The van der Waals surface area contributed by atoms with Gasteiger partial charge in [0.25, 0.3) is 0 Å². The summed E-state index contributed by atoms with van der Waals surface area (Å²) in [4.78, 5) is 10.5. The number of hydrogen-bond donors (Lipinski definition) is 1. The third-order valence-corrected chi connectivity index (χ3v) is 2.06. The van der Waals surface area contributed by atoms with Crippen LogP contribution in [0.3, 0.4) is 0 Å². The minimum absolute atomic E-state index is 0.252. The van der Waals surface area contributed by atoms with Gasteiger partial charge in [-0.15, -0.1) is 0 Å². The topological polar surface area (TPSA) is 37.3 Å². The largest absolute Gasteiger partial charge is 0.507 e. The summed E-state index contributed by atoms with van der Waals surface area (Å²) in [5.41, 5.74) is 2.12. The number of hydrogen-bond acceptors (Lipinski definition) is 2. The molecule has 0 saturated heterocycles. The van der Waals surface area contributed by atoms with E-state index in [0.29, 0.717) is 11.1 Å². The van der Waals surface area contributed by atoms with Crippen molar-refractivity contribution in [3.63, 3.8) is 0 Å². The van der Waals surface area contributed by atoms with Gasteiger partial charge in [-0.1, -0.05) is 19.1 Å². The minimum Gasteiger partial charge on any atom is -0.507 e. The van der Waals surface area contributed by atoms with Crippen LogP contribution in [0.15, 0.2) is 12.1 Å². The highest BCUT2D eigenvalue weighted by Gasteiger charge is 2.05. The summed E-state index contributed by atoms with van der Waals surface area (Å²) in [5.74, 6) is 0.252. The van der Waals surface area contributed by atoms with Gasteiger partial charge in [0.2, 0.25) is 0 Å². The van der Waals surface area contributed by atoms with E-state index in [1.54, 1.807) is 19.1 Å². The van der Waals surface area contributed by atoms with Gasteiger partial charge in [0, 0.05) is 11.1 Å². The minimum atomic E-state index is 0.252. The average molecular weight is 164 g/mol. The summed E-state index contributed by atoms with van der Waals surface area (Å²) in [7, 11) is 0. The van der Waals surface area contributed by atoms with Crippen molar-refractivity contribution in [1.82, 2.24) is 0 Å². The number of aromatic hydroxyl groups is 1. The van der Waals surface area contributed by atoms with Gasteiger partial charge in [0.15, 0.2) is 0 Å². The molecule has 1 N–H and O–H groups in total. The molecular weight excluding hydrogens is 152 g/mol. The van der Waals surface area contributed by atoms with Crippen LogP contribution in [0.2, 0.25) is 0 Å². The summed E-state index contributed by atoms with van der Waals surface area (Å²) in [6.45, 7) is 3.72. The molecule has 64 valence electrons. The maximum atomic E-state index is 10.5. The third-order valence-electron chi connectivity index (χ3n) is 2.06. The molecule has 2 heteroatoms. The number of aldehydes is 1. The van der Waals surface area contributed by atoms with Crippen LogP contribution in [0, 0.1) is 6.92 Å². The lowest BCUT2D eigenvalue weighted by atomic mass is 10.0. The number of aryl methyl sites for hydroxylation is 1. The highest BCUT2D eigenvalue weighted by Crippen LogP contribution is 2.24. The second kappa shape index (κ2) is 3.39. The van der Waals surface area contributed by atoms with E-state index in [1.165, 1.54) is 0 Å². The van der Waals surface area contributed by atoms with Crippen LogP contribution in [0.1, 0.15) is 28.4 Å². The van der Waals surface area contributed by atoms with E-state index in [2.05, 4.69) is 0 Å². The van der Waals surface area contributed by atoms with Crippen LogP contribution in [-0.4, -0.2) is 11.4 Å². The van der Waals surface area contributed by atoms with E-state index >= 15 is 0 Å². The first-order valence-corrected chi connectivity index (χ1v) is 3.97. The Hall–Kier alpha value is -1.31. The fourth-order valence-corrected chi connectivity index (χ4v) is 1.18. The Bertz CT molecular complexity index is 303. The van der Waals surface area contributed by atoms with E-state index in [4.69, 9.17) is 0 Å². The molecule has 2 nitrogen and oxygen atoms in total. The number of carbonyl (C=O) groups excluding carboxylic acids is 1. The Labute approximate surface area is 71.8 Å². The monoisotopic (exact) mass is 164 g/mol. The fraction of sp³-hybridized carbons (Fsp3) is 0.300. The molecule has 0 aliphatic rings. The number of benzene rings is 1. The SMILES string of the molecule is CCc1ccc(C=O)c(C)c1O. The van der Waals surface area contributed by atoms with Crippen LogP contribution in [0.25, 0.3) is 0 Å². The number of rotatable bonds is 2. The van der Waals surface area contributed by atoms with Crippen molar-refractivity contribution >= 4 is 6.29 Å². The predicted octanol–water partition coefficient (Wildman–Crippen LogP) is 2.08. The first-order valence-electron chi connectivity index (χ1n) is 3.97. The molecule has 0 saturated carbocycles. The van der Waals surface area contributed by atoms with Gasteiger partial charge in [-0.3, -0.25) is 4.79 Å². The van der Waals surface area contributed by atoms with Crippen molar-refractivity contribution in [1.29, 1.82) is 0 Å². The van der Waals surface area contributed by atoms with Crippen molar-refractivity contribution in [2.24, 2.45) is 0 Å². The average Bonchev–Trinajstić information content (AvgIpc) is 2.10. The normalized spacial score (nSPS) is 9.83. The van der Waals surface area contributed by atoms with Crippen molar-refractivity contribution in [3.05, 3.63) is 28.8 Å². The Balaban J connectivity index is 3.29. The van der Waals surface area contributed by atoms with Gasteiger partial charge in [-0.25, -0.2) is 0 Å². The van der Waals surface area contributed by atoms with Crippen LogP contribution in [0.4, 0.5) is 0 Å². The molecule has 0 aliphatic heterocycles. The van der Waals surface area contributed by atoms with Gasteiger partial charge in [-0.2, -0.15) is 0 Å². The van der Waals surface area contributed by atoms with Crippen molar-refractivity contribution < 1.29 is 9.90 Å². The summed E-state index contributed by atoms with van der Waals surface area (Å²) in [6.07, 6.45) is 1.54. The van der Waals surface area contributed by atoms with Crippen LogP contribution in [0.5, 0.6) is 5.75 Å². The van der Waals surface area contributed by atoms with Gasteiger partial charge < -0.3 is 5.11 Å². The van der Waals surface area contributed by atoms with E-state index in [0.717, 1.165) is 18.3 Å². The standard InChI is InChI=1S/C10H12O2/c1-3-8-4-5-9(6-11)7(2)10(8)12/h4-6,12H,3H2,1-2H3. The fourth-order valence-electron chi connectivity index (χ4n) is 1.18. The summed E-state index contributed by atoms with van der Waals surface area (Å²) < 4.78 is 0. The molecule has 1 rings (SSSR count). The zero-order valence-corrected chi connectivity index (χ0v) is 7.29. The lowest BCUT2D eigenvalue weighted by Gasteiger charge is -2.06. The lowest BCUT2D eigenvalue weighted by Crippen LogP contribution is -1.90. The molecule has 0 fully saturated rings. The molecule has 0 bridgehead atoms. The van der Waals surface area contributed by atoms with E-state index in [1.807, 2.05) is 6.92 Å². The molecule has 1 aromatic carbocycles. The zero-order chi connectivity index (χ0) is 9.14. The second-order valence-electron chi connectivity index (χ2n) is 2.76. The Kier molecular flexibility index (Phi) is 2.48. The molecule has 0 heterocycles. The van der Waals surface area contributed by atoms with Gasteiger partial charge in [0.05, 0.1) is 0 Å². The zero-order valence-electron chi connectivity index (χ0n) is 7.29. The third kappa shape index (κ3) is 1.33. The first kappa shape index (κ1) is 8.78. The molecular formula is C10H12O2. The quantitative estimate of drug-likeness (QED) is 0.679. The van der Waals surface area contributed by atoms with Crippen molar-refractivity contribution in [3.8, 4) is 5.75 Å². The number of phenolic OH excluding ortho intramolecular Hbond substituents is 1.